The maximum atomic E-state index is 11.7. The molecule has 0 aromatic heterocycles. The van der Waals surface area contributed by atoms with E-state index >= 15 is 0 Å². The highest BCUT2D eigenvalue weighted by Gasteiger charge is 2.35. The van der Waals surface area contributed by atoms with Gasteiger partial charge in [-0.3, -0.25) is 9.69 Å². The zero-order valence-electron chi connectivity index (χ0n) is 9.76. The molecule has 0 N–H and O–H groups in total. The summed E-state index contributed by atoms with van der Waals surface area (Å²) >= 11 is 5.88. The molecule has 0 unspecified atom stereocenters. The average molecular weight is 270 g/mol. The van der Waals surface area contributed by atoms with Gasteiger partial charge in [0.15, 0.2) is 0 Å². The summed E-state index contributed by atoms with van der Waals surface area (Å²) in [5.41, 5.74) is 0.610. The number of rotatable bonds is 3. The monoisotopic (exact) mass is 269 g/mol. The Bertz CT molecular complexity index is 477. The van der Waals surface area contributed by atoms with Crippen LogP contribution in [0.15, 0.2) is 24.3 Å². The van der Waals surface area contributed by atoms with Crippen LogP contribution in [0.3, 0.4) is 0 Å². The van der Waals surface area contributed by atoms with E-state index in [4.69, 9.17) is 16.3 Å². The predicted octanol–water partition coefficient (Wildman–Crippen LogP) is 2.23. The molecule has 96 valence electrons. The van der Waals surface area contributed by atoms with Gasteiger partial charge in [-0.05, 0) is 18.2 Å². The van der Waals surface area contributed by atoms with Gasteiger partial charge < -0.3 is 9.47 Å². The number of esters is 1. The van der Waals surface area contributed by atoms with Gasteiger partial charge in [0.2, 0.25) is 0 Å². The molecule has 1 fully saturated rings. The molecule has 0 bridgehead atoms. The zero-order valence-corrected chi connectivity index (χ0v) is 10.5. The number of benzene rings is 1. The summed E-state index contributed by atoms with van der Waals surface area (Å²) in [4.78, 5) is 24.4. The quantitative estimate of drug-likeness (QED) is 0.790. The van der Waals surface area contributed by atoms with Crippen LogP contribution in [-0.4, -0.2) is 31.8 Å². The van der Waals surface area contributed by atoms with Crippen LogP contribution in [0.2, 0.25) is 5.02 Å². The minimum absolute atomic E-state index is 0.0920. The molecule has 1 heterocycles. The Kier molecular flexibility index (Phi) is 3.72. The van der Waals surface area contributed by atoms with Crippen molar-refractivity contribution in [3.05, 3.63) is 29.3 Å². The molecule has 0 aliphatic carbocycles. The van der Waals surface area contributed by atoms with E-state index in [9.17, 15) is 9.59 Å². The highest BCUT2D eigenvalue weighted by Crippen LogP contribution is 2.27. The van der Waals surface area contributed by atoms with Crippen LogP contribution in [0, 0.1) is 0 Å². The number of amides is 1. The van der Waals surface area contributed by atoms with Crippen LogP contribution in [0.25, 0.3) is 0 Å². The number of methoxy groups -OCH3 is 1. The summed E-state index contributed by atoms with van der Waals surface area (Å²) in [7, 11) is 1.31. The van der Waals surface area contributed by atoms with Crippen molar-refractivity contribution in [3.8, 4) is 0 Å². The molecule has 1 amide bonds. The van der Waals surface area contributed by atoms with Crippen molar-refractivity contribution in [2.45, 2.75) is 12.5 Å². The molecule has 5 nitrogen and oxygen atoms in total. The van der Waals surface area contributed by atoms with Crippen molar-refractivity contribution in [2.24, 2.45) is 0 Å². The van der Waals surface area contributed by atoms with Crippen molar-refractivity contribution in [3.63, 3.8) is 0 Å². The lowest BCUT2D eigenvalue weighted by Crippen LogP contribution is -2.35. The molecule has 1 aromatic rings. The summed E-state index contributed by atoms with van der Waals surface area (Å²) in [6.45, 7) is 0.167. The van der Waals surface area contributed by atoms with Gasteiger partial charge in [-0.15, -0.1) is 0 Å². The molecule has 1 aliphatic heterocycles. The van der Waals surface area contributed by atoms with Gasteiger partial charge in [0.25, 0.3) is 0 Å². The lowest BCUT2D eigenvalue weighted by Gasteiger charge is -2.20. The number of halogens is 1. The van der Waals surface area contributed by atoms with Crippen molar-refractivity contribution in [1.82, 2.24) is 0 Å². The molecule has 1 atom stereocenters. The standard InChI is InChI=1S/C12H12ClNO4/c1-17-11(15)6-10-7-18-12(16)14(10)9-4-2-3-8(13)5-9/h2-5,10H,6-7H2,1H3/t10-/m0/s1. The van der Waals surface area contributed by atoms with Crippen LogP contribution in [0.1, 0.15) is 6.42 Å². The highest BCUT2D eigenvalue weighted by molar-refractivity contribution is 6.30. The molecule has 6 heteroatoms. The third-order valence-electron chi connectivity index (χ3n) is 2.68. The summed E-state index contributed by atoms with van der Waals surface area (Å²) < 4.78 is 9.55. The first-order valence-corrected chi connectivity index (χ1v) is 5.78. The van der Waals surface area contributed by atoms with Gasteiger partial charge in [0.05, 0.1) is 19.6 Å². The maximum Gasteiger partial charge on any atom is 0.414 e. The van der Waals surface area contributed by atoms with Gasteiger partial charge in [-0.2, -0.15) is 0 Å². The van der Waals surface area contributed by atoms with Gasteiger partial charge in [-0.25, -0.2) is 4.79 Å². The van der Waals surface area contributed by atoms with E-state index in [1.807, 2.05) is 0 Å². The summed E-state index contributed by atoms with van der Waals surface area (Å²) in [6.07, 6.45) is -0.388. The number of ether oxygens (including phenoxy) is 2. The lowest BCUT2D eigenvalue weighted by molar-refractivity contribution is -0.141. The molecule has 1 aromatic carbocycles. The summed E-state index contributed by atoms with van der Waals surface area (Å²) in [5.74, 6) is -0.384. The minimum Gasteiger partial charge on any atom is -0.469 e. The Morgan fingerprint density at radius 1 is 1.61 bits per heavy atom. The van der Waals surface area contributed by atoms with E-state index in [1.165, 1.54) is 12.0 Å². The van der Waals surface area contributed by atoms with Gasteiger partial charge in [-0.1, -0.05) is 17.7 Å². The first-order chi connectivity index (χ1) is 8.61. The summed E-state index contributed by atoms with van der Waals surface area (Å²) in [5, 5.41) is 0.518. The largest absolute Gasteiger partial charge is 0.469 e. The molecule has 1 aliphatic rings. The van der Waals surface area contributed by atoms with Crippen LogP contribution >= 0.6 is 11.6 Å². The SMILES string of the molecule is COC(=O)C[C@H]1COC(=O)N1c1cccc(Cl)c1. The molecule has 2 rings (SSSR count). The van der Waals surface area contributed by atoms with Gasteiger partial charge >= 0.3 is 12.1 Å². The molecule has 18 heavy (non-hydrogen) atoms. The number of anilines is 1. The second-order valence-corrected chi connectivity index (χ2v) is 4.30. The molecule has 0 saturated carbocycles. The second kappa shape index (κ2) is 5.27. The zero-order chi connectivity index (χ0) is 13.1. The van der Waals surface area contributed by atoms with Crippen LogP contribution in [0.5, 0.6) is 0 Å². The third-order valence-corrected chi connectivity index (χ3v) is 2.91. The molecular weight excluding hydrogens is 258 g/mol. The van der Waals surface area contributed by atoms with E-state index in [1.54, 1.807) is 24.3 Å². The van der Waals surface area contributed by atoms with Crippen molar-refractivity contribution in [2.75, 3.05) is 18.6 Å². The third kappa shape index (κ3) is 2.56. The fourth-order valence-electron chi connectivity index (χ4n) is 1.83. The lowest BCUT2D eigenvalue weighted by atomic mass is 10.2. The number of cyclic esters (lactones) is 1. The van der Waals surface area contributed by atoms with Crippen LogP contribution < -0.4 is 4.90 Å². The number of hydrogen-bond acceptors (Lipinski definition) is 4. The number of hydrogen-bond donors (Lipinski definition) is 0. The molecule has 1 saturated heterocycles. The Hall–Kier alpha value is -1.75. The topological polar surface area (TPSA) is 55.8 Å². The number of carbonyl (C=O) groups excluding carboxylic acids is 2. The van der Waals surface area contributed by atoms with Crippen molar-refractivity contribution in [1.29, 1.82) is 0 Å². The first-order valence-electron chi connectivity index (χ1n) is 5.40. The average Bonchev–Trinajstić information content (AvgIpc) is 2.70. The first kappa shape index (κ1) is 12.7. The summed E-state index contributed by atoms with van der Waals surface area (Å²) in [6, 6.07) is 6.48. The molecule has 0 spiro atoms. The van der Waals surface area contributed by atoms with Crippen LogP contribution in [-0.2, 0) is 14.3 Å². The normalized spacial score (nSPS) is 18.7. The predicted molar refractivity (Wildman–Crippen MR) is 65.7 cm³/mol. The highest BCUT2D eigenvalue weighted by atomic mass is 35.5. The van der Waals surface area contributed by atoms with E-state index in [-0.39, 0.29) is 25.0 Å². The fourth-order valence-corrected chi connectivity index (χ4v) is 2.01. The van der Waals surface area contributed by atoms with E-state index < -0.39 is 6.09 Å². The minimum atomic E-state index is -0.480. The van der Waals surface area contributed by atoms with Gasteiger partial charge in [0.1, 0.15) is 6.61 Å². The Morgan fingerprint density at radius 2 is 2.39 bits per heavy atom. The maximum absolute atomic E-state index is 11.7. The molecular formula is C12H12ClNO4. The number of nitrogens with zero attached hydrogens (tertiary/aromatic N) is 1. The van der Waals surface area contributed by atoms with Gasteiger partial charge in [0, 0.05) is 10.7 Å². The van der Waals surface area contributed by atoms with Crippen molar-refractivity contribution >= 4 is 29.4 Å². The van der Waals surface area contributed by atoms with E-state index in [0.29, 0.717) is 10.7 Å². The Labute approximate surface area is 109 Å². The smallest absolute Gasteiger partial charge is 0.414 e. The Morgan fingerprint density at radius 3 is 3.06 bits per heavy atom. The molecule has 0 radical (unpaired) electrons. The second-order valence-electron chi connectivity index (χ2n) is 3.86. The van der Waals surface area contributed by atoms with Crippen LogP contribution in [0.4, 0.5) is 10.5 Å². The van der Waals surface area contributed by atoms with E-state index in [0.717, 1.165) is 0 Å². The Balaban J connectivity index is 2.22. The number of carbonyl (C=O) groups is 2. The fraction of sp³-hybridized carbons (Fsp3) is 0.333. The van der Waals surface area contributed by atoms with E-state index in [2.05, 4.69) is 4.74 Å². The van der Waals surface area contributed by atoms with Crippen molar-refractivity contribution < 1.29 is 19.1 Å².